The van der Waals surface area contributed by atoms with Crippen molar-refractivity contribution in [3.63, 3.8) is 0 Å². The molecule has 0 aliphatic rings. The average Bonchev–Trinajstić information content (AvgIpc) is 2.48. The summed E-state index contributed by atoms with van der Waals surface area (Å²) in [6.45, 7) is 2.85. The second kappa shape index (κ2) is 7.43. The first-order valence-corrected chi connectivity index (χ1v) is 7.74. The van der Waals surface area contributed by atoms with Crippen LogP contribution < -0.4 is 10.6 Å². The summed E-state index contributed by atoms with van der Waals surface area (Å²) in [6, 6.07) is 10.7. The van der Waals surface area contributed by atoms with Gasteiger partial charge < -0.3 is 10.6 Å². The van der Waals surface area contributed by atoms with E-state index < -0.39 is 0 Å². The van der Waals surface area contributed by atoms with Crippen LogP contribution in [0.2, 0.25) is 5.02 Å². The Balaban J connectivity index is 2.15. The van der Waals surface area contributed by atoms with Crippen LogP contribution in [0.4, 0.5) is 11.5 Å². The summed E-state index contributed by atoms with van der Waals surface area (Å²) in [5.41, 5.74) is 0.897. The van der Waals surface area contributed by atoms with E-state index in [2.05, 4.69) is 38.5 Å². The Kier molecular flexibility index (Phi) is 5.59. The van der Waals surface area contributed by atoms with Crippen LogP contribution in [0.5, 0.6) is 0 Å². The summed E-state index contributed by atoms with van der Waals surface area (Å²) >= 11 is 9.41. The van der Waals surface area contributed by atoms with Gasteiger partial charge in [0, 0.05) is 16.7 Å². The zero-order valence-electron chi connectivity index (χ0n) is 11.5. The third-order valence-electron chi connectivity index (χ3n) is 2.72. The van der Waals surface area contributed by atoms with E-state index >= 15 is 0 Å². The molecule has 0 radical (unpaired) electrons. The molecule has 4 nitrogen and oxygen atoms in total. The Hall–Kier alpha value is -1.59. The quantitative estimate of drug-likeness (QED) is 0.812. The topological polar surface area (TPSA) is 54.0 Å². The van der Waals surface area contributed by atoms with E-state index in [0.717, 1.165) is 17.4 Å². The number of rotatable bonds is 5. The molecule has 1 heterocycles. The number of amides is 1. The minimum atomic E-state index is -0.331. The maximum absolute atomic E-state index is 12.2. The van der Waals surface area contributed by atoms with Gasteiger partial charge in [0.05, 0.1) is 5.02 Å². The highest BCUT2D eigenvalue weighted by Crippen LogP contribution is 2.19. The van der Waals surface area contributed by atoms with Gasteiger partial charge in [0.1, 0.15) is 11.5 Å². The van der Waals surface area contributed by atoms with E-state index in [1.54, 1.807) is 24.3 Å². The van der Waals surface area contributed by atoms with E-state index in [0.29, 0.717) is 16.5 Å². The highest BCUT2D eigenvalue weighted by molar-refractivity contribution is 9.10. The summed E-state index contributed by atoms with van der Waals surface area (Å²) in [6.07, 6.45) is 0.977. The molecule has 110 valence electrons. The number of benzene rings is 1. The fourth-order valence-electron chi connectivity index (χ4n) is 1.68. The summed E-state index contributed by atoms with van der Waals surface area (Å²) in [4.78, 5) is 16.5. The molecule has 2 aromatic rings. The van der Waals surface area contributed by atoms with Crippen molar-refractivity contribution in [1.82, 2.24) is 4.98 Å². The van der Waals surface area contributed by atoms with Gasteiger partial charge in [0.25, 0.3) is 5.91 Å². The average molecular weight is 369 g/mol. The number of halogens is 2. The van der Waals surface area contributed by atoms with E-state index in [1.165, 1.54) is 0 Å². The summed E-state index contributed by atoms with van der Waals surface area (Å²) < 4.78 is 0.947. The number of hydrogen-bond acceptors (Lipinski definition) is 3. The maximum Gasteiger partial charge on any atom is 0.275 e. The first-order valence-electron chi connectivity index (χ1n) is 6.57. The Morgan fingerprint density at radius 2 is 1.95 bits per heavy atom. The predicted octanol–water partition coefficient (Wildman–Crippen LogP) is 4.57. The number of nitrogens with one attached hydrogen (secondary N) is 2. The van der Waals surface area contributed by atoms with Crippen LogP contribution in [0.15, 0.2) is 40.9 Å². The summed E-state index contributed by atoms with van der Waals surface area (Å²) in [5.74, 6) is 0.310. The number of carbonyl (C=O) groups excluding carboxylic acids is 1. The molecule has 0 bridgehead atoms. The Bertz CT molecular complexity index is 631. The smallest absolute Gasteiger partial charge is 0.275 e. The summed E-state index contributed by atoms with van der Waals surface area (Å²) in [5, 5.41) is 6.23. The van der Waals surface area contributed by atoms with Crippen LogP contribution >= 0.6 is 27.5 Å². The van der Waals surface area contributed by atoms with Gasteiger partial charge in [-0.25, -0.2) is 4.98 Å². The molecule has 0 saturated heterocycles. The lowest BCUT2D eigenvalue weighted by Gasteiger charge is -2.09. The molecule has 6 heteroatoms. The number of pyridine rings is 1. The third kappa shape index (κ3) is 4.44. The normalized spacial score (nSPS) is 10.2. The molecule has 0 aliphatic heterocycles. The van der Waals surface area contributed by atoms with Gasteiger partial charge in [-0.05, 0) is 42.8 Å². The maximum atomic E-state index is 12.2. The molecule has 2 N–H and O–H groups in total. The molecular formula is C15H15BrClN3O. The minimum absolute atomic E-state index is 0.209. The van der Waals surface area contributed by atoms with Gasteiger partial charge in [-0.2, -0.15) is 0 Å². The number of hydrogen-bond donors (Lipinski definition) is 2. The van der Waals surface area contributed by atoms with Crippen LogP contribution in [0.3, 0.4) is 0 Å². The molecule has 21 heavy (non-hydrogen) atoms. The second-order valence-electron chi connectivity index (χ2n) is 4.41. The fourth-order valence-corrected chi connectivity index (χ4v) is 2.13. The number of nitrogens with zero attached hydrogens (tertiary/aromatic N) is 1. The minimum Gasteiger partial charge on any atom is -0.370 e. The lowest BCUT2D eigenvalue weighted by atomic mass is 10.3. The van der Waals surface area contributed by atoms with Crippen LogP contribution in [0.1, 0.15) is 23.8 Å². The zero-order valence-corrected chi connectivity index (χ0v) is 13.8. The van der Waals surface area contributed by atoms with Crippen LogP contribution in [0, 0.1) is 0 Å². The van der Waals surface area contributed by atoms with Gasteiger partial charge >= 0.3 is 0 Å². The molecule has 2 rings (SSSR count). The van der Waals surface area contributed by atoms with Crippen LogP contribution in [-0.4, -0.2) is 17.4 Å². The van der Waals surface area contributed by atoms with Gasteiger partial charge in [-0.15, -0.1) is 0 Å². The van der Waals surface area contributed by atoms with Crippen molar-refractivity contribution in [2.45, 2.75) is 13.3 Å². The standard InChI is InChI=1S/C15H15BrClN3O/c1-2-9-18-13-8-7-12(17)14(20-13)15(21)19-11-5-3-10(16)4-6-11/h3-8H,2,9H2,1H3,(H,18,20)(H,19,21). The van der Waals surface area contributed by atoms with Crippen molar-refractivity contribution in [3.8, 4) is 0 Å². The van der Waals surface area contributed by atoms with Crippen LogP contribution in [0.25, 0.3) is 0 Å². The molecule has 1 aromatic heterocycles. The van der Waals surface area contributed by atoms with Crippen molar-refractivity contribution in [2.75, 3.05) is 17.2 Å². The fraction of sp³-hybridized carbons (Fsp3) is 0.200. The molecule has 1 amide bonds. The molecule has 0 atom stereocenters. The monoisotopic (exact) mass is 367 g/mol. The number of aromatic nitrogens is 1. The lowest BCUT2D eigenvalue weighted by Crippen LogP contribution is -2.15. The SMILES string of the molecule is CCCNc1ccc(Cl)c(C(=O)Nc2ccc(Br)cc2)n1. The molecule has 0 unspecified atom stereocenters. The zero-order chi connectivity index (χ0) is 15.2. The van der Waals surface area contributed by atoms with Crippen LogP contribution in [-0.2, 0) is 0 Å². The summed E-state index contributed by atoms with van der Waals surface area (Å²) in [7, 11) is 0. The van der Waals surface area contributed by atoms with E-state index in [-0.39, 0.29) is 11.6 Å². The van der Waals surface area contributed by atoms with Gasteiger partial charge in [-0.3, -0.25) is 4.79 Å². The van der Waals surface area contributed by atoms with Crippen molar-refractivity contribution in [3.05, 3.63) is 51.6 Å². The Morgan fingerprint density at radius 3 is 2.62 bits per heavy atom. The van der Waals surface area contributed by atoms with E-state index in [1.807, 2.05) is 12.1 Å². The molecule has 0 spiro atoms. The lowest BCUT2D eigenvalue weighted by molar-refractivity contribution is 0.102. The van der Waals surface area contributed by atoms with Crippen molar-refractivity contribution < 1.29 is 4.79 Å². The van der Waals surface area contributed by atoms with Crippen molar-refractivity contribution in [2.24, 2.45) is 0 Å². The molecule has 0 fully saturated rings. The highest BCUT2D eigenvalue weighted by Gasteiger charge is 2.13. The van der Waals surface area contributed by atoms with Gasteiger partial charge in [0.2, 0.25) is 0 Å². The molecule has 0 aliphatic carbocycles. The molecule has 1 aromatic carbocycles. The van der Waals surface area contributed by atoms with E-state index in [4.69, 9.17) is 11.6 Å². The first kappa shape index (κ1) is 15.8. The Labute approximate surface area is 137 Å². The Morgan fingerprint density at radius 1 is 1.24 bits per heavy atom. The predicted molar refractivity (Wildman–Crippen MR) is 90.1 cm³/mol. The van der Waals surface area contributed by atoms with Gasteiger partial charge in [0.15, 0.2) is 0 Å². The molecule has 0 saturated carbocycles. The molecular weight excluding hydrogens is 354 g/mol. The number of carbonyl (C=O) groups is 1. The third-order valence-corrected chi connectivity index (χ3v) is 3.55. The van der Waals surface area contributed by atoms with Gasteiger partial charge in [-0.1, -0.05) is 34.5 Å². The second-order valence-corrected chi connectivity index (χ2v) is 5.74. The van der Waals surface area contributed by atoms with Crippen molar-refractivity contribution >= 4 is 44.9 Å². The first-order chi connectivity index (χ1) is 10.1. The number of anilines is 2. The van der Waals surface area contributed by atoms with E-state index in [9.17, 15) is 4.79 Å². The van der Waals surface area contributed by atoms with Crippen molar-refractivity contribution in [1.29, 1.82) is 0 Å². The highest BCUT2D eigenvalue weighted by atomic mass is 79.9. The largest absolute Gasteiger partial charge is 0.370 e.